The summed E-state index contributed by atoms with van der Waals surface area (Å²) in [5, 5.41) is 6.74. The molecule has 10 nitrogen and oxygen atoms in total. The highest BCUT2D eigenvalue weighted by molar-refractivity contribution is 7.82. The second-order valence-electron chi connectivity index (χ2n) is 7.61. The lowest BCUT2D eigenvalue weighted by molar-refractivity contribution is 0.102. The summed E-state index contributed by atoms with van der Waals surface area (Å²) in [6.07, 6.45) is 5.83. The van der Waals surface area contributed by atoms with E-state index >= 15 is 0 Å². The fourth-order valence-corrected chi connectivity index (χ4v) is 4.49. The lowest BCUT2D eigenvalue weighted by Gasteiger charge is -2.28. The minimum Gasteiger partial charge on any atom is -0.384 e. The second kappa shape index (κ2) is 11.1. The molecule has 1 unspecified atom stereocenters. The van der Waals surface area contributed by atoms with E-state index in [1.807, 2.05) is 47.6 Å². The van der Waals surface area contributed by atoms with Gasteiger partial charge in [-0.05, 0) is 37.1 Å². The number of carbonyl (C=O) groups is 1. The summed E-state index contributed by atoms with van der Waals surface area (Å²) < 4.78 is 24.4. The molecule has 1 aliphatic heterocycles. The number of methoxy groups -OCH3 is 1. The van der Waals surface area contributed by atoms with Crippen LogP contribution in [0.1, 0.15) is 22.5 Å². The molecule has 11 heteroatoms. The van der Waals surface area contributed by atoms with Crippen molar-refractivity contribution in [2.45, 2.75) is 13.3 Å². The van der Waals surface area contributed by atoms with Crippen LogP contribution in [0.25, 0.3) is 17.0 Å². The standard InChI is InChI=1S/C17H13N5O2.C6H13NO2S/c1-11-5-6-12(16-19-10-24-21-16)8-13(11)20-17(23)14-9-18-15-4-2-3-7-22(14)15;1-9-5-6-10(8)7-3-2-4-7/h2-10H,1H3,(H,20,23);2-6H2,1H3. The molecule has 1 aromatic carbocycles. The largest absolute Gasteiger partial charge is 0.384 e. The van der Waals surface area contributed by atoms with Crippen LogP contribution in [-0.2, 0) is 15.7 Å². The first kappa shape index (κ1) is 23.7. The number of hydrogen-bond acceptors (Lipinski definition) is 7. The molecular formula is C23H26N6O4S. The number of aromatic nitrogens is 4. The van der Waals surface area contributed by atoms with Gasteiger partial charge in [0.15, 0.2) is 0 Å². The molecule has 0 aliphatic carbocycles. The highest BCUT2D eigenvalue weighted by atomic mass is 32.2. The highest BCUT2D eigenvalue weighted by Gasteiger charge is 2.19. The SMILES string of the molecule is COCCS(=O)N1CCC1.Cc1ccc(-c2ncon2)cc1NC(=O)c1cnc2ccccn12. The van der Waals surface area contributed by atoms with Crippen LogP contribution >= 0.6 is 0 Å². The molecule has 4 heterocycles. The van der Waals surface area contributed by atoms with Crippen molar-refractivity contribution in [3.05, 3.63) is 66.4 Å². The molecule has 4 aromatic rings. The number of ether oxygens (including phenoxy) is 1. The maximum atomic E-state index is 12.6. The maximum Gasteiger partial charge on any atom is 0.274 e. The molecule has 1 saturated heterocycles. The van der Waals surface area contributed by atoms with Crippen molar-refractivity contribution >= 4 is 28.2 Å². The lowest BCUT2D eigenvalue weighted by atomic mass is 10.1. The second-order valence-corrected chi connectivity index (χ2v) is 9.18. The Morgan fingerprint density at radius 1 is 1.24 bits per heavy atom. The van der Waals surface area contributed by atoms with Crippen molar-refractivity contribution in [3.8, 4) is 11.4 Å². The number of fused-ring (bicyclic) bond motifs is 1. The molecule has 0 saturated carbocycles. The van der Waals surface area contributed by atoms with E-state index in [-0.39, 0.29) is 5.91 Å². The van der Waals surface area contributed by atoms with Gasteiger partial charge in [-0.15, -0.1) is 0 Å². The number of benzene rings is 1. The number of nitrogens with one attached hydrogen (secondary N) is 1. The zero-order valence-electron chi connectivity index (χ0n) is 19.0. The molecule has 178 valence electrons. The van der Waals surface area contributed by atoms with Crippen LogP contribution in [0.3, 0.4) is 0 Å². The van der Waals surface area contributed by atoms with Crippen molar-refractivity contribution in [1.82, 2.24) is 23.8 Å². The van der Waals surface area contributed by atoms with Crippen LogP contribution < -0.4 is 5.32 Å². The molecule has 0 radical (unpaired) electrons. The summed E-state index contributed by atoms with van der Waals surface area (Å²) in [5.41, 5.74) is 3.58. The molecule has 1 N–H and O–H groups in total. The van der Waals surface area contributed by atoms with Crippen LogP contribution in [0.2, 0.25) is 0 Å². The molecule has 3 aromatic heterocycles. The third-order valence-electron chi connectivity index (χ3n) is 5.32. The molecule has 1 amide bonds. The fourth-order valence-electron chi connectivity index (χ4n) is 3.25. The zero-order chi connectivity index (χ0) is 23.9. The fraction of sp³-hybridized carbons (Fsp3) is 0.304. The number of carbonyl (C=O) groups excluding carboxylic acids is 1. The zero-order valence-corrected chi connectivity index (χ0v) is 19.8. The van der Waals surface area contributed by atoms with Crippen LogP contribution in [0.15, 0.2) is 59.7 Å². The van der Waals surface area contributed by atoms with Crippen molar-refractivity contribution < 1.29 is 18.3 Å². The third kappa shape index (κ3) is 5.56. The van der Waals surface area contributed by atoms with E-state index in [1.54, 1.807) is 23.9 Å². The maximum absolute atomic E-state index is 12.6. The number of nitrogens with zero attached hydrogens (tertiary/aromatic N) is 5. The lowest BCUT2D eigenvalue weighted by Crippen LogP contribution is -2.40. The van der Waals surface area contributed by atoms with E-state index in [0.717, 1.165) is 29.9 Å². The Bertz CT molecular complexity index is 1270. The highest BCUT2D eigenvalue weighted by Crippen LogP contribution is 2.23. The van der Waals surface area contributed by atoms with Crippen molar-refractivity contribution in [2.24, 2.45) is 0 Å². The van der Waals surface area contributed by atoms with Gasteiger partial charge in [-0.3, -0.25) is 9.20 Å². The molecule has 0 bridgehead atoms. The van der Waals surface area contributed by atoms with Gasteiger partial charge in [0, 0.05) is 37.6 Å². The first-order valence-electron chi connectivity index (χ1n) is 10.8. The van der Waals surface area contributed by atoms with E-state index in [9.17, 15) is 9.00 Å². The quantitative estimate of drug-likeness (QED) is 0.431. The topological polar surface area (TPSA) is 115 Å². The van der Waals surface area contributed by atoms with E-state index in [1.165, 1.54) is 12.8 Å². The molecular weight excluding hydrogens is 456 g/mol. The van der Waals surface area contributed by atoms with Crippen molar-refractivity contribution in [3.63, 3.8) is 0 Å². The summed E-state index contributed by atoms with van der Waals surface area (Å²) in [7, 11) is 0.863. The Hall–Kier alpha value is -3.41. The van der Waals surface area contributed by atoms with Crippen LogP contribution in [0.5, 0.6) is 0 Å². The number of aryl methyl sites for hydroxylation is 1. The van der Waals surface area contributed by atoms with E-state index in [0.29, 0.717) is 29.6 Å². The Kier molecular flexibility index (Phi) is 7.78. The Balaban J connectivity index is 0.000000231. The van der Waals surface area contributed by atoms with Gasteiger partial charge < -0.3 is 14.6 Å². The van der Waals surface area contributed by atoms with Gasteiger partial charge in [0.2, 0.25) is 12.2 Å². The summed E-state index contributed by atoms with van der Waals surface area (Å²) in [4.78, 5) is 20.9. The summed E-state index contributed by atoms with van der Waals surface area (Å²) in [6.45, 7) is 4.51. The molecule has 1 atom stereocenters. The van der Waals surface area contributed by atoms with Gasteiger partial charge in [0.1, 0.15) is 11.3 Å². The number of anilines is 1. The van der Waals surface area contributed by atoms with Crippen LogP contribution in [0.4, 0.5) is 5.69 Å². The van der Waals surface area contributed by atoms with Gasteiger partial charge in [0.25, 0.3) is 5.91 Å². The van der Waals surface area contributed by atoms with Crippen LogP contribution in [-0.4, -0.2) is 66.5 Å². The average molecular weight is 483 g/mol. The molecule has 1 aliphatic rings. The van der Waals surface area contributed by atoms with Gasteiger partial charge in [0.05, 0.1) is 29.5 Å². The summed E-state index contributed by atoms with van der Waals surface area (Å²) in [6, 6.07) is 11.2. The predicted octanol–water partition coefficient (Wildman–Crippen LogP) is 2.95. The predicted molar refractivity (Wildman–Crippen MR) is 129 cm³/mol. The third-order valence-corrected chi connectivity index (χ3v) is 6.78. The average Bonchev–Trinajstić information content (AvgIpc) is 3.49. The van der Waals surface area contributed by atoms with Gasteiger partial charge in [-0.2, -0.15) is 4.98 Å². The normalized spacial score (nSPS) is 14.2. The van der Waals surface area contributed by atoms with Crippen molar-refractivity contribution in [2.75, 3.05) is 37.9 Å². The van der Waals surface area contributed by atoms with E-state index < -0.39 is 11.0 Å². The number of hydrogen-bond donors (Lipinski definition) is 1. The Labute approximate surface area is 199 Å². The molecule has 1 fully saturated rings. The van der Waals surface area contributed by atoms with Crippen molar-refractivity contribution in [1.29, 1.82) is 0 Å². The van der Waals surface area contributed by atoms with Crippen LogP contribution in [0, 0.1) is 6.92 Å². The molecule has 0 spiro atoms. The van der Waals surface area contributed by atoms with Gasteiger partial charge in [-0.1, -0.05) is 23.4 Å². The minimum absolute atomic E-state index is 0.234. The Morgan fingerprint density at radius 2 is 2.09 bits per heavy atom. The monoisotopic (exact) mass is 482 g/mol. The van der Waals surface area contributed by atoms with E-state index in [4.69, 9.17) is 9.26 Å². The first-order valence-corrected chi connectivity index (χ1v) is 12.1. The number of pyridine rings is 1. The van der Waals surface area contributed by atoms with Gasteiger partial charge >= 0.3 is 0 Å². The van der Waals surface area contributed by atoms with E-state index in [2.05, 4.69) is 20.4 Å². The minimum atomic E-state index is -0.770. The summed E-state index contributed by atoms with van der Waals surface area (Å²) in [5.74, 6) is 0.888. The van der Waals surface area contributed by atoms with Gasteiger partial charge in [-0.25, -0.2) is 13.5 Å². The molecule has 5 rings (SSSR count). The smallest absolute Gasteiger partial charge is 0.274 e. The first-order chi connectivity index (χ1) is 16.6. The number of amides is 1. The number of rotatable bonds is 7. The number of imidazole rings is 1. The summed E-state index contributed by atoms with van der Waals surface area (Å²) >= 11 is 0. The molecule has 34 heavy (non-hydrogen) atoms. The Morgan fingerprint density at radius 3 is 2.79 bits per heavy atom.